The minimum absolute atomic E-state index is 0.0339. The molecule has 0 saturated carbocycles. The molecule has 32 heavy (non-hydrogen) atoms. The molecule has 6 rings (SSSR count). The number of thioether (sulfide) groups is 1. The van der Waals surface area contributed by atoms with Crippen LogP contribution in [-0.4, -0.2) is 21.2 Å². The Balaban J connectivity index is 1.34. The number of fused-ring (bicyclic) bond motifs is 3. The van der Waals surface area contributed by atoms with Gasteiger partial charge in [0.1, 0.15) is 11.5 Å². The smallest absolute Gasteiger partial charge is 0.232 e. The molecule has 0 saturated heterocycles. The third-order valence-electron chi connectivity index (χ3n) is 6.00. The first-order chi connectivity index (χ1) is 15.8. The van der Waals surface area contributed by atoms with Gasteiger partial charge in [0.2, 0.25) is 5.91 Å². The highest BCUT2D eigenvalue weighted by atomic mass is 32.2. The highest BCUT2D eigenvalue weighted by molar-refractivity contribution is 7.99. The Morgan fingerprint density at radius 3 is 2.34 bits per heavy atom. The first-order valence-electron chi connectivity index (χ1n) is 10.7. The minimum Gasteiger partial charge on any atom is -0.457 e. The van der Waals surface area contributed by atoms with Crippen molar-refractivity contribution in [3.05, 3.63) is 95.7 Å². The third-order valence-corrected chi connectivity index (χ3v) is 6.96. The van der Waals surface area contributed by atoms with Crippen molar-refractivity contribution in [3.63, 3.8) is 0 Å². The summed E-state index contributed by atoms with van der Waals surface area (Å²) in [6, 6.07) is 25.7. The molecular weight excluding hydrogens is 418 g/mol. The van der Waals surface area contributed by atoms with Gasteiger partial charge in [-0.3, -0.25) is 4.79 Å². The van der Waals surface area contributed by atoms with E-state index in [2.05, 4.69) is 22.0 Å². The molecule has 5 nitrogen and oxygen atoms in total. The molecule has 1 amide bonds. The second kappa shape index (κ2) is 7.88. The highest BCUT2D eigenvalue weighted by Crippen LogP contribution is 2.44. The molecule has 0 bridgehead atoms. The van der Waals surface area contributed by atoms with E-state index in [0.29, 0.717) is 6.54 Å². The van der Waals surface area contributed by atoms with Crippen LogP contribution in [0.4, 0.5) is 0 Å². The number of nitrogens with one attached hydrogen (secondary N) is 1. The van der Waals surface area contributed by atoms with E-state index in [4.69, 9.17) is 9.72 Å². The number of hydrogen-bond acceptors (Lipinski definition) is 4. The Morgan fingerprint density at radius 2 is 1.62 bits per heavy atom. The average molecular weight is 440 g/mol. The fraction of sp³-hybridized carbons (Fsp3) is 0.154. The van der Waals surface area contributed by atoms with Crippen LogP contribution in [0, 0.1) is 0 Å². The molecule has 0 atom stereocenters. The second-order valence-electron chi connectivity index (χ2n) is 7.88. The Bertz CT molecular complexity index is 1270. The van der Waals surface area contributed by atoms with E-state index >= 15 is 0 Å². The summed E-state index contributed by atoms with van der Waals surface area (Å²) in [7, 11) is 0. The van der Waals surface area contributed by atoms with E-state index in [1.54, 1.807) is 11.8 Å². The van der Waals surface area contributed by atoms with Crippen LogP contribution in [0.15, 0.2) is 84.0 Å². The summed E-state index contributed by atoms with van der Waals surface area (Å²) in [6.45, 7) is 1.34. The van der Waals surface area contributed by atoms with Crippen molar-refractivity contribution in [2.24, 2.45) is 0 Å². The normalized spacial score (nSPS) is 14.2. The van der Waals surface area contributed by atoms with Gasteiger partial charge in [-0.05, 0) is 12.1 Å². The van der Waals surface area contributed by atoms with Crippen LogP contribution in [0.5, 0.6) is 11.5 Å². The van der Waals surface area contributed by atoms with Crippen molar-refractivity contribution < 1.29 is 9.53 Å². The molecule has 2 aliphatic heterocycles. The van der Waals surface area contributed by atoms with Crippen molar-refractivity contribution in [1.29, 1.82) is 0 Å². The first kappa shape index (κ1) is 19.2. The highest BCUT2D eigenvalue weighted by Gasteiger charge is 2.33. The number of ether oxygens (including phenoxy) is 1. The Labute approximate surface area is 190 Å². The molecular formula is C26H21N3O2S. The van der Waals surface area contributed by atoms with Crippen molar-refractivity contribution in [3.8, 4) is 22.8 Å². The number of benzene rings is 3. The number of carbonyl (C=O) groups is 1. The van der Waals surface area contributed by atoms with E-state index in [0.717, 1.165) is 57.0 Å². The molecule has 0 unspecified atom stereocenters. The largest absolute Gasteiger partial charge is 0.457 e. The quantitative estimate of drug-likeness (QED) is 0.474. The lowest BCUT2D eigenvalue weighted by atomic mass is 9.87. The van der Waals surface area contributed by atoms with E-state index < -0.39 is 5.92 Å². The number of hydrogen-bond donors (Lipinski definition) is 1. The molecule has 0 radical (unpaired) electrons. The lowest BCUT2D eigenvalue weighted by Gasteiger charge is -2.27. The van der Waals surface area contributed by atoms with Crippen molar-refractivity contribution >= 4 is 17.7 Å². The lowest BCUT2D eigenvalue weighted by Crippen LogP contribution is -2.32. The predicted octanol–water partition coefficient (Wildman–Crippen LogP) is 5.21. The average Bonchev–Trinajstić information content (AvgIpc) is 3.43. The molecule has 1 N–H and O–H groups in total. The van der Waals surface area contributed by atoms with Gasteiger partial charge in [-0.1, -0.05) is 78.5 Å². The molecule has 0 aliphatic carbocycles. The standard InChI is InChI=1S/C26H21N3O2S/c30-25(23-18-10-4-6-12-21(18)31-22-13-7-5-11-19(22)23)27-16-20-24(17-8-2-1-3-9-17)28-26-29(20)14-15-32-26/h1-13,23H,14-16H2,(H,27,30). The van der Waals surface area contributed by atoms with Gasteiger partial charge in [0, 0.05) is 29.0 Å². The van der Waals surface area contributed by atoms with Crippen LogP contribution in [0.3, 0.4) is 0 Å². The zero-order valence-corrected chi connectivity index (χ0v) is 18.1. The van der Waals surface area contributed by atoms with Gasteiger partial charge in [0.05, 0.1) is 23.9 Å². The fourth-order valence-corrected chi connectivity index (χ4v) is 5.47. The molecule has 6 heteroatoms. The maximum Gasteiger partial charge on any atom is 0.232 e. The predicted molar refractivity (Wildman–Crippen MR) is 125 cm³/mol. The van der Waals surface area contributed by atoms with E-state index in [1.165, 1.54) is 0 Å². The van der Waals surface area contributed by atoms with E-state index in [1.807, 2.05) is 66.7 Å². The zero-order chi connectivity index (χ0) is 21.5. The first-order valence-corrected chi connectivity index (χ1v) is 11.7. The molecule has 158 valence electrons. The topological polar surface area (TPSA) is 56.2 Å². The van der Waals surface area contributed by atoms with Crippen molar-refractivity contribution in [1.82, 2.24) is 14.9 Å². The maximum atomic E-state index is 13.6. The van der Waals surface area contributed by atoms with Gasteiger partial charge in [-0.2, -0.15) is 0 Å². The van der Waals surface area contributed by atoms with Crippen LogP contribution in [-0.2, 0) is 17.9 Å². The number of amides is 1. The number of imidazole rings is 1. The van der Waals surface area contributed by atoms with Gasteiger partial charge in [0.25, 0.3) is 0 Å². The summed E-state index contributed by atoms with van der Waals surface area (Å²) in [5, 5.41) is 4.23. The Hall–Kier alpha value is -3.51. The molecule has 4 aromatic rings. The molecule has 0 spiro atoms. The summed E-state index contributed by atoms with van der Waals surface area (Å²) in [4.78, 5) is 18.4. The van der Waals surface area contributed by atoms with Crippen LogP contribution in [0.2, 0.25) is 0 Å². The number of aromatic nitrogens is 2. The summed E-state index contributed by atoms with van der Waals surface area (Å²) < 4.78 is 8.28. The number of rotatable bonds is 4. The van der Waals surface area contributed by atoms with Gasteiger partial charge in [-0.15, -0.1) is 0 Å². The summed E-state index contributed by atoms with van der Waals surface area (Å²) in [5.74, 6) is 2.04. The van der Waals surface area contributed by atoms with Crippen LogP contribution in [0.25, 0.3) is 11.3 Å². The summed E-state index contributed by atoms with van der Waals surface area (Å²) in [6.07, 6.45) is 0. The molecule has 2 aliphatic rings. The minimum atomic E-state index is -0.410. The summed E-state index contributed by atoms with van der Waals surface area (Å²) in [5.41, 5.74) is 4.85. The number of nitrogens with zero attached hydrogens (tertiary/aromatic N) is 2. The molecule has 0 fully saturated rings. The Kier molecular flexibility index (Phi) is 4.72. The van der Waals surface area contributed by atoms with Crippen molar-refractivity contribution in [2.45, 2.75) is 24.2 Å². The van der Waals surface area contributed by atoms with Gasteiger partial charge >= 0.3 is 0 Å². The second-order valence-corrected chi connectivity index (χ2v) is 8.95. The third kappa shape index (κ3) is 3.19. The SMILES string of the molecule is O=C(NCc1c(-c2ccccc2)nc2n1CCS2)C1c2ccccc2Oc2ccccc21. The van der Waals surface area contributed by atoms with Gasteiger partial charge < -0.3 is 14.6 Å². The van der Waals surface area contributed by atoms with E-state index in [9.17, 15) is 4.79 Å². The molecule has 1 aromatic heterocycles. The van der Waals surface area contributed by atoms with Gasteiger partial charge in [0.15, 0.2) is 5.16 Å². The van der Waals surface area contributed by atoms with Crippen LogP contribution >= 0.6 is 11.8 Å². The van der Waals surface area contributed by atoms with Crippen LogP contribution in [0.1, 0.15) is 22.7 Å². The maximum absolute atomic E-state index is 13.6. The van der Waals surface area contributed by atoms with E-state index in [-0.39, 0.29) is 5.91 Å². The van der Waals surface area contributed by atoms with Crippen LogP contribution < -0.4 is 10.1 Å². The molecule has 3 heterocycles. The molecule has 3 aromatic carbocycles. The fourth-order valence-electron chi connectivity index (χ4n) is 4.50. The van der Waals surface area contributed by atoms with Gasteiger partial charge in [-0.25, -0.2) is 4.98 Å². The summed E-state index contributed by atoms with van der Waals surface area (Å²) >= 11 is 1.76. The monoisotopic (exact) mass is 439 g/mol. The van der Waals surface area contributed by atoms with Crippen molar-refractivity contribution in [2.75, 3.05) is 5.75 Å². The Morgan fingerprint density at radius 1 is 0.969 bits per heavy atom. The number of carbonyl (C=O) groups excluding carboxylic acids is 1. The lowest BCUT2D eigenvalue weighted by molar-refractivity contribution is -0.122. The zero-order valence-electron chi connectivity index (χ0n) is 17.3. The number of para-hydroxylation sites is 2.